The van der Waals surface area contributed by atoms with Gasteiger partial charge < -0.3 is 20.3 Å². The molecule has 2 aromatic carbocycles. The third kappa shape index (κ3) is 4.85. The van der Waals surface area contributed by atoms with Crippen molar-refractivity contribution in [3.05, 3.63) is 83.0 Å². The van der Waals surface area contributed by atoms with Gasteiger partial charge in [-0.3, -0.25) is 14.6 Å². The first kappa shape index (κ1) is 22.0. The molecule has 0 aliphatic carbocycles. The lowest BCUT2D eigenvalue weighted by molar-refractivity contribution is 0.102. The summed E-state index contributed by atoms with van der Waals surface area (Å²) in [5, 5.41) is 5.59. The van der Waals surface area contributed by atoms with Crippen LogP contribution < -0.4 is 15.4 Å². The topological polar surface area (TPSA) is 95.9 Å². The second-order valence-corrected chi connectivity index (χ2v) is 7.72. The van der Waals surface area contributed by atoms with E-state index in [1.807, 2.05) is 32.2 Å². The second-order valence-electron chi connectivity index (χ2n) is 7.72. The van der Waals surface area contributed by atoms with Crippen molar-refractivity contribution in [2.45, 2.75) is 6.92 Å². The smallest absolute Gasteiger partial charge is 0.259 e. The zero-order chi connectivity index (χ0) is 23.4. The lowest BCUT2D eigenvalue weighted by atomic mass is 10.1. The Balaban J connectivity index is 1.56. The van der Waals surface area contributed by atoms with E-state index in [0.29, 0.717) is 22.8 Å². The SMILES string of the molecule is COc1cccc(C(=O)Nc2ccc(C)cn2)c1NC(=O)c1ccc(C2=NCCN2C)cc1. The average Bonchev–Trinajstić information content (AvgIpc) is 3.26. The molecule has 3 aromatic rings. The van der Waals surface area contributed by atoms with Gasteiger partial charge in [0.15, 0.2) is 0 Å². The van der Waals surface area contributed by atoms with Crippen molar-refractivity contribution in [2.24, 2.45) is 4.99 Å². The number of hydrogen-bond donors (Lipinski definition) is 2. The van der Waals surface area contributed by atoms with Crippen LogP contribution in [-0.4, -0.2) is 54.8 Å². The Labute approximate surface area is 192 Å². The molecule has 0 bridgehead atoms. The highest BCUT2D eigenvalue weighted by Gasteiger charge is 2.20. The van der Waals surface area contributed by atoms with Crippen molar-refractivity contribution < 1.29 is 14.3 Å². The highest BCUT2D eigenvalue weighted by Crippen LogP contribution is 2.29. The monoisotopic (exact) mass is 443 g/mol. The number of nitrogens with one attached hydrogen (secondary N) is 2. The van der Waals surface area contributed by atoms with Gasteiger partial charge in [-0.15, -0.1) is 0 Å². The Bertz CT molecular complexity index is 1200. The minimum absolute atomic E-state index is 0.267. The van der Waals surface area contributed by atoms with Gasteiger partial charge in [-0.25, -0.2) is 4.98 Å². The fourth-order valence-corrected chi connectivity index (χ4v) is 3.55. The number of para-hydroxylation sites is 1. The van der Waals surface area contributed by atoms with Crippen molar-refractivity contribution in [1.82, 2.24) is 9.88 Å². The maximum atomic E-state index is 13.0. The number of amidine groups is 1. The van der Waals surface area contributed by atoms with E-state index in [-0.39, 0.29) is 11.5 Å². The van der Waals surface area contributed by atoms with Gasteiger partial charge in [-0.05, 0) is 42.8 Å². The normalized spacial score (nSPS) is 12.8. The van der Waals surface area contributed by atoms with Crippen LogP contribution in [0.25, 0.3) is 0 Å². The zero-order valence-electron chi connectivity index (χ0n) is 18.8. The van der Waals surface area contributed by atoms with E-state index < -0.39 is 5.91 Å². The lowest BCUT2D eigenvalue weighted by Gasteiger charge is -2.16. The van der Waals surface area contributed by atoms with Gasteiger partial charge in [0.25, 0.3) is 11.8 Å². The molecule has 0 saturated heterocycles. The molecule has 0 saturated carbocycles. The molecule has 1 aliphatic heterocycles. The summed E-state index contributed by atoms with van der Waals surface area (Å²) in [6.07, 6.45) is 1.67. The van der Waals surface area contributed by atoms with E-state index in [4.69, 9.17) is 4.74 Å². The van der Waals surface area contributed by atoms with Gasteiger partial charge in [0.05, 0.1) is 24.9 Å². The van der Waals surface area contributed by atoms with E-state index in [1.165, 1.54) is 7.11 Å². The highest BCUT2D eigenvalue weighted by atomic mass is 16.5. The Morgan fingerprint density at radius 1 is 1.00 bits per heavy atom. The number of carbonyl (C=O) groups is 2. The van der Waals surface area contributed by atoms with Crippen molar-refractivity contribution in [3.8, 4) is 5.75 Å². The second kappa shape index (κ2) is 9.52. The summed E-state index contributed by atoms with van der Waals surface area (Å²) in [6, 6.07) is 15.8. The fraction of sp³-hybridized carbons (Fsp3) is 0.200. The number of aliphatic imine (C=N–C) groups is 1. The summed E-state index contributed by atoms with van der Waals surface area (Å²) in [7, 11) is 3.48. The molecular weight excluding hydrogens is 418 g/mol. The van der Waals surface area contributed by atoms with Gasteiger partial charge >= 0.3 is 0 Å². The number of methoxy groups -OCH3 is 1. The van der Waals surface area contributed by atoms with Crippen LogP contribution in [0.15, 0.2) is 65.8 Å². The van der Waals surface area contributed by atoms with Crippen LogP contribution in [0.4, 0.5) is 11.5 Å². The Morgan fingerprint density at radius 3 is 2.42 bits per heavy atom. The first-order chi connectivity index (χ1) is 16.0. The number of pyridine rings is 1. The Morgan fingerprint density at radius 2 is 1.79 bits per heavy atom. The molecule has 8 heteroatoms. The summed E-state index contributed by atoms with van der Waals surface area (Å²) in [5.41, 5.74) is 2.95. The minimum Gasteiger partial charge on any atom is -0.495 e. The molecule has 0 unspecified atom stereocenters. The van der Waals surface area contributed by atoms with Crippen LogP contribution in [0.1, 0.15) is 31.8 Å². The number of hydrogen-bond acceptors (Lipinski definition) is 6. The van der Waals surface area contributed by atoms with Crippen LogP contribution in [0.2, 0.25) is 0 Å². The van der Waals surface area contributed by atoms with Crippen LogP contribution in [0, 0.1) is 6.92 Å². The van der Waals surface area contributed by atoms with Gasteiger partial charge in [-0.1, -0.05) is 24.3 Å². The number of rotatable bonds is 6. The number of nitrogens with zero attached hydrogens (tertiary/aromatic N) is 3. The summed E-state index contributed by atoms with van der Waals surface area (Å²) in [5.74, 6) is 0.955. The molecule has 1 aromatic heterocycles. The number of benzene rings is 2. The number of aryl methyl sites for hydroxylation is 1. The Kier molecular flexibility index (Phi) is 6.35. The molecule has 8 nitrogen and oxygen atoms in total. The summed E-state index contributed by atoms with van der Waals surface area (Å²) >= 11 is 0. The summed E-state index contributed by atoms with van der Waals surface area (Å²) in [6.45, 7) is 3.57. The van der Waals surface area contributed by atoms with Gasteiger partial charge in [-0.2, -0.15) is 0 Å². The average molecular weight is 444 g/mol. The molecule has 168 valence electrons. The molecule has 0 spiro atoms. The van der Waals surface area contributed by atoms with Crippen molar-refractivity contribution in [3.63, 3.8) is 0 Å². The number of carbonyl (C=O) groups excluding carboxylic acids is 2. The number of aromatic nitrogens is 1. The maximum absolute atomic E-state index is 13.0. The standard InChI is InChI=1S/C25H25N5O3/c1-16-7-12-21(27-15-16)28-25(32)19-5-4-6-20(33-3)22(19)29-24(31)18-10-8-17(9-11-18)23-26-13-14-30(23)2/h4-12,15H,13-14H2,1-3H3,(H,29,31)(H,27,28,32). The van der Waals surface area contributed by atoms with Crippen molar-refractivity contribution in [2.75, 3.05) is 37.9 Å². The first-order valence-corrected chi connectivity index (χ1v) is 10.5. The number of ether oxygens (including phenoxy) is 1. The third-order valence-corrected chi connectivity index (χ3v) is 5.35. The Hall–Kier alpha value is -4.20. The van der Waals surface area contributed by atoms with E-state index in [9.17, 15) is 9.59 Å². The minimum atomic E-state index is -0.404. The van der Waals surface area contributed by atoms with Crippen LogP contribution in [0.5, 0.6) is 5.75 Å². The number of likely N-dealkylation sites (N-methyl/N-ethyl adjacent to an activating group) is 1. The zero-order valence-corrected chi connectivity index (χ0v) is 18.8. The predicted octanol–water partition coefficient (Wildman–Crippen LogP) is 3.60. The van der Waals surface area contributed by atoms with E-state index >= 15 is 0 Å². The predicted molar refractivity (Wildman–Crippen MR) is 128 cm³/mol. The molecule has 2 N–H and O–H groups in total. The molecule has 1 aliphatic rings. The van der Waals surface area contributed by atoms with Crippen molar-refractivity contribution >= 4 is 29.2 Å². The van der Waals surface area contributed by atoms with Gasteiger partial charge in [0.2, 0.25) is 0 Å². The van der Waals surface area contributed by atoms with Crippen molar-refractivity contribution in [1.29, 1.82) is 0 Å². The quantitative estimate of drug-likeness (QED) is 0.607. The fourth-order valence-electron chi connectivity index (χ4n) is 3.55. The third-order valence-electron chi connectivity index (χ3n) is 5.35. The summed E-state index contributed by atoms with van der Waals surface area (Å²) in [4.78, 5) is 36.7. The molecule has 4 rings (SSSR count). The van der Waals surface area contributed by atoms with Gasteiger partial charge in [0, 0.05) is 30.9 Å². The van der Waals surface area contributed by atoms with E-state index in [0.717, 1.165) is 30.1 Å². The molecule has 33 heavy (non-hydrogen) atoms. The molecule has 0 radical (unpaired) electrons. The number of amides is 2. The number of anilines is 2. The van der Waals surface area contributed by atoms with E-state index in [2.05, 4.69) is 25.5 Å². The molecule has 2 heterocycles. The largest absolute Gasteiger partial charge is 0.495 e. The lowest BCUT2D eigenvalue weighted by Crippen LogP contribution is -2.23. The summed E-state index contributed by atoms with van der Waals surface area (Å²) < 4.78 is 5.41. The van der Waals surface area contributed by atoms with Crippen LogP contribution in [-0.2, 0) is 0 Å². The van der Waals surface area contributed by atoms with Crippen LogP contribution in [0.3, 0.4) is 0 Å². The van der Waals surface area contributed by atoms with Crippen LogP contribution >= 0.6 is 0 Å². The van der Waals surface area contributed by atoms with Gasteiger partial charge in [0.1, 0.15) is 17.4 Å². The molecule has 0 atom stereocenters. The van der Waals surface area contributed by atoms with E-state index in [1.54, 1.807) is 42.6 Å². The highest BCUT2D eigenvalue weighted by molar-refractivity contribution is 6.13. The molecular formula is C25H25N5O3. The first-order valence-electron chi connectivity index (χ1n) is 10.5. The molecule has 2 amide bonds. The maximum Gasteiger partial charge on any atom is 0.259 e. The molecule has 0 fully saturated rings.